The lowest BCUT2D eigenvalue weighted by atomic mass is 10.1. The van der Waals surface area contributed by atoms with E-state index in [4.69, 9.17) is 0 Å². The minimum atomic E-state index is 0.0496. The lowest BCUT2D eigenvalue weighted by Gasteiger charge is -2.10. The smallest absolute Gasteiger partial charge is 0.224 e. The molecule has 1 aromatic carbocycles. The van der Waals surface area contributed by atoms with Crippen molar-refractivity contribution >= 4 is 11.6 Å². The third-order valence-electron chi connectivity index (χ3n) is 4.03. The fourth-order valence-electron chi connectivity index (χ4n) is 2.57. The van der Waals surface area contributed by atoms with Crippen molar-refractivity contribution in [2.75, 3.05) is 26.0 Å². The van der Waals surface area contributed by atoms with Gasteiger partial charge in [0.1, 0.15) is 5.69 Å². The Bertz CT molecular complexity index is 678. The Morgan fingerprint density at radius 2 is 1.96 bits per heavy atom. The quantitative estimate of drug-likeness (QED) is 0.707. The number of benzene rings is 1. The normalized spacial score (nSPS) is 11.3. The van der Waals surface area contributed by atoms with Crippen LogP contribution >= 0.6 is 0 Å². The first-order valence-corrected chi connectivity index (χ1v) is 8.93. The van der Waals surface area contributed by atoms with Crippen molar-refractivity contribution in [3.8, 4) is 11.3 Å². The van der Waals surface area contributed by atoms with E-state index in [0.717, 1.165) is 42.8 Å². The van der Waals surface area contributed by atoms with Crippen LogP contribution in [0.4, 0.5) is 5.69 Å². The fraction of sp³-hybridized carbons (Fsp3) is 0.526. The van der Waals surface area contributed by atoms with E-state index >= 15 is 0 Å². The van der Waals surface area contributed by atoms with Crippen LogP contribution in [-0.2, 0) is 4.79 Å². The van der Waals surface area contributed by atoms with Crippen molar-refractivity contribution in [2.45, 2.75) is 45.6 Å². The molecule has 6 nitrogen and oxygen atoms in total. The van der Waals surface area contributed by atoms with E-state index < -0.39 is 0 Å². The number of para-hydroxylation sites is 1. The zero-order valence-electron chi connectivity index (χ0n) is 15.7. The molecule has 0 fully saturated rings. The van der Waals surface area contributed by atoms with Crippen molar-refractivity contribution in [1.82, 2.24) is 19.9 Å². The van der Waals surface area contributed by atoms with Crippen LogP contribution in [0.2, 0.25) is 0 Å². The molecule has 0 bridgehead atoms. The van der Waals surface area contributed by atoms with E-state index in [-0.39, 0.29) is 11.9 Å². The summed E-state index contributed by atoms with van der Waals surface area (Å²) < 4.78 is 1.82. The van der Waals surface area contributed by atoms with Crippen LogP contribution in [0.3, 0.4) is 0 Å². The van der Waals surface area contributed by atoms with E-state index in [1.165, 1.54) is 0 Å². The molecule has 0 radical (unpaired) electrons. The molecule has 2 aromatic rings. The van der Waals surface area contributed by atoms with Gasteiger partial charge in [-0.2, -0.15) is 0 Å². The molecule has 0 saturated carbocycles. The first-order valence-electron chi connectivity index (χ1n) is 8.93. The number of anilines is 1. The number of unbranched alkanes of at least 4 members (excludes halogenated alkanes) is 2. The standard InChI is InChI=1S/C19H29N5O/c1-15(2)24-14-18(21-22-24)16-10-7-8-11-17(16)20-19(25)12-6-5-9-13-23(3)4/h7-8,10-11,14-15H,5-6,9,12-13H2,1-4H3,(H,20,25). The van der Waals surface area contributed by atoms with Gasteiger partial charge in [-0.15, -0.1) is 5.10 Å². The van der Waals surface area contributed by atoms with Gasteiger partial charge in [0.2, 0.25) is 5.91 Å². The molecule has 0 aliphatic heterocycles. The highest BCUT2D eigenvalue weighted by Crippen LogP contribution is 2.26. The summed E-state index contributed by atoms with van der Waals surface area (Å²) >= 11 is 0. The number of nitrogens with zero attached hydrogens (tertiary/aromatic N) is 4. The molecule has 1 heterocycles. The average molecular weight is 343 g/mol. The van der Waals surface area contributed by atoms with Crippen molar-refractivity contribution < 1.29 is 4.79 Å². The van der Waals surface area contributed by atoms with E-state index in [2.05, 4.69) is 48.5 Å². The number of carbonyl (C=O) groups excluding carboxylic acids is 1. The van der Waals surface area contributed by atoms with E-state index in [1.54, 1.807) is 0 Å². The monoisotopic (exact) mass is 343 g/mol. The Labute approximate surface area is 150 Å². The summed E-state index contributed by atoms with van der Waals surface area (Å²) in [5.74, 6) is 0.0496. The molecule has 1 amide bonds. The lowest BCUT2D eigenvalue weighted by Crippen LogP contribution is -2.14. The fourth-order valence-corrected chi connectivity index (χ4v) is 2.57. The number of amides is 1. The number of aromatic nitrogens is 3. The Morgan fingerprint density at radius 3 is 2.64 bits per heavy atom. The zero-order valence-corrected chi connectivity index (χ0v) is 15.7. The number of rotatable bonds is 9. The van der Waals surface area contributed by atoms with Crippen LogP contribution in [0.5, 0.6) is 0 Å². The third kappa shape index (κ3) is 5.98. The van der Waals surface area contributed by atoms with Gasteiger partial charge in [0.25, 0.3) is 0 Å². The molecule has 0 spiro atoms. The second kappa shape index (κ2) is 9.32. The van der Waals surface area contributed by atoms with Gasteiger partial charge < -0.3 is 10.2 Å². The Morgan fingerprint density at radius 1 is 1.20 bits per heavy atom. The highest BCUT2D eigenvalue weighted by molar-refractivity contribution is 5.94. The maximum absolute atomic E-state index is 12.2. The number of hydrogen-bond donors (Lipinski definition) is 1. The van der Waals surface area contributed by atoms with Gasteiger partial charge in [0.15, 0.2) is 0 Å². The highest BCUT2D eigenvalue weighted by Gasteiger charge is 2.12. The molecular weight excluding hydrogens is 314 g/mol. The minimum Gasteiger partial charge on any atom is -0.325 e. The van der Waals surface area contributed by atoms with Crippen LogP contribution in [0, 0.1) is 0 Å². The summed E-state index contributed by atoms with van der Waals surface area (Å²) in [4.78, 5) is 14.4. The summed E-state index contributed by atoms with van der Waals surface area (Å²) in [7, 11) is 4.14. The van der Waals surface area contributed by atoms with Gasteiger partial charge in [-0.25, -0.2) is 4.68 Å². The number of nitrogens with one attached hydrogen (secondary N) is 1. The molecule has 1 aromatic heterocycles. The number of carbonyl (C=O) groups is 1. The van der Waals surface area contributed by atoms with Gasteiger partial charge in [-0.1, -0.05) is 29.8 Å². The predicted molar refractivity (Wildman–Crippen MR) is 101 cm³/mol. The lowest BCUT2D eigenvalue weighted by molar-refractivity contribution is -0.116. The van der Waals surface area contributed by atoms with Gasteiger partial charge >= 0.3 is 0 Å². The number of hydrogen-bond acceptors (Lipinski definition) is 4. The molecule has 0 atom stereocenters. The molecule has 1 N–H and O–H groups in total. The van der Waals surface area contributed by atoms with Gasteiger partial charge in [-0.05, 0) is 53.4 Å². The molecule has 136 valence electrons. The van der Waals surface area contributed by atoms with Crippen molar-refractivity contribution in [3.05, 3.63) is 30.5 Å². The molecule has 2 rings (SSSR count). The van der Waals surface area contributed by atoms with E-state index in [9.17, 15) is 4.79 Å². The molecule has 25 heavy (non-hydrogen) atoms. The molecule has 0 saturated heterocycles. The van der Waals surface area contributed by atoms with E-state index in [1.807, 2.05) is 35.1 Å². The molecule has 0 aliphatic carbocycles. The maximum atomic E-state index is 12.2. The second-order valence-corrected chi connectivity index (χ2v) is 6.89. The summed E-state index contributed by atoms with van der Waals surface area (Å²) in [5.41, 5.74) is 2.46. The highest BCUT2D eigenvalue weighted by atomic mass is 16.1. The Balaban J connectivity index is 1.94. The molecule has 0 unspecified atom stereocenters. The topological polar surface area (TPSA) is 63.1 Å². The molecular formula is C19H29N5O. The molecule has 0 aliphatic rings. The van der Waals surface area contributed by atoms with Crippen LogP contribution in [0.15, 0.2) is 30.5 Å². The first kappa shape index (κ1) is 19.1. The largest absolute Gasteiger partial charge is 0.325 e. The van der Waals surface area contributed by atoms with Crippen molar-refractivity contribution in [2.24, 2.45) is 0 Å². The first-order chi connectivity index (χ1) is 12.0. The SMILES string of the molecule is CC(C)n1cc(-c2ccccc2NC(=O)CCCCCN(C)C)nn1. The van der Waals surface area contributed by atoms with Crippen LogP contribution in [-0.4, -0.2) is 46.4 Å². The maximum Gasteiger partial charge on any atom is 0.224 e. The van der Waals surface area contributed by atoms with Gasteiger partial charge in [0, 0.05) is 18.0 Å². The third-order valence-corrected chi connectivity index (χ3v) is 4.03. The summed E-state index contributed by atoms with van der Waals surface area (Å²) in [6, 6.07) is 7.99. The van der Waals surface area contributed by atoms with Crippen LogP contribution in [0.1, 0.15) is 45.6 Å². The Hall–Kier alpha value is -2.21. The average Bonchev–Trinajstić information content (AvgIpc) is 3.05. The van der Waals surface area contributed by atoms with Gasteiger partial charge in [-0.3, -0.25) is 4.79 Å². The minimum absolute atomic E-state index is 0.0496. The van der Waals surface area contributed by atoms with Crippen LogP contribution < -0.4 is 5.32 Å². The summed E-state index contributed by atoms with van der Waals surface area (Å²) in [5, 5.41) is 11.4. The predicted octanol–water partition coefficient (Wildman–Crippen LogP) is 3.59. The van der Waals surface area contributed by atoms with Crippen LogP contribution in [0.25, 0.3) is 11.3 Å². The summed E-state index contributed by atoms with van der Waals surface area (Å²) in [6.07, 6.45) is 5.55. The van der Waals surface area contributed by atoms with E-state index in [0.29, 0.717) is 6.42 Å². The second-order valence-electron chi connectivity index (χ2n) is 6.89. The zero-order chi connectivity index (χ0) is 18.2. The van der Waals surface area contributed by atoms with Crippen molar-refractivity contribution in [3.63, 3.8) is 0 Å². The van der Waals surface area contributed by atoms with Crippen molar-refractivity contribution in [1.29, 1.82) is 0 Å². The summed E-state index contributed by atoms with van der Waals surface area (Å²) in [6.45, 7) is 5.18. The molecule has 6 heteroatoms. The Kier molecular flexibility index (Phi) is 7.13. The van der Waals surface area contributed by atoms with Gasteiger partial charge in [0.05, 0.1) is 11.9 Å².